The summed E-state index contributed by atoms with van der Waals surface area (Å²) in [5.41, 5.74) is 2.49. The molecule has 0 rings (SSSR count). The minimum atomic E-state index is -1.02. The summed E-state index contributed by atoms with van der Waals surface area (Å²) >= 11 is 4.64. The minimum Gasteiger partial charge on any atom is -0.464 e. The van der Waals surface area contributed by atoms with Gasteiger partial charge in [0.2, 0.25) is 0 Å². The summed E-state index contributed by atoms with van der Waals surface area (Å²) in [6.07, 6.45) is -1.02. The predicted molar refractivity (Wildman–Crippen MR) is 41.8 cm³/mol. The third-order valence-electron chi connectivity index (χ3n) is 0.840. The Bertz CT molecular complexity index is 149. The largest absolute Gasteiger partial charge is 0.464 e. The molecule has 58 valence electrons. The molecule has 5 heteroatoms. The number of nitrogens with one attached hydrogen (secondary N) is 1. The van der Waals surface area contributed by atoms with Gasteiger partial charge in [-0.15, -0.1) is 0 Å². The van der Waals surface area contributed by atoms with Crippen molar-refractivity contribution in [3.8, 4) is 0 Å². The highest BCUT2D eigenvalue weighted by molar-refractivity contribution is 7.80. The van der Waals surface area contributed by atoms with E-state index >= 15 is 0 Å². The van der Waals surface area contributed by atoms with E-state index in [1.807, 2.05) is 0 Å². The molecule has 0 spiro atoms. The van der Waals surface area contributed by atoms with E-state index in [2.05, 4.69) is 17.6 Å². The molecule has 0 aliphatic carbocycles. The zero-order chi connectivity index (χ0) is 8.15. The molecule has 0 radical (unpaired) electrons. The molecule has 0 saturated heterocycles. The van der Waals surface area contributed by atoms with Crippen LogP contribution in [-0.2, 0) is 0 Å². The first kappa shape index (κ1) is 9.16. The molecular weight excluding hydrogens is 152 g/mol. The van der Waals surface area contributed by atoms with Gasteiger partial charge in [-0.1, -0.05) is 12.2 Å². The first-order valence-corrected chi connectivity index (χ1v) is 3.26. The Morgan fingerprint density at radius 1 is 1.80 bits per heavy atom. The first-order chi connectivity index (χ1) is 4.57. The van der Waals surface area contributed by atoms with Crippen LogP contribution in [0.3, 0.4) is 0 Å². The molecule has 0 saturated carbocycles. The fourth-order valence-electron chi connectivity index (χ4n) is 0.452. The van der Waals surface area contributed by atoms with E-state index in [1.165, 1.54) is 0 Å². The van der Waals surface area contributed by atoms with E-state index in [1.54, 1.807) is 13.8 Å². The van der Waals surface area contributed by atoms with Crippen molar-refractivity contribution in [3.05, 3.63) is 0 Å². The van der Waals surface area contributed by atoms with Crippen molar-refractivity contribution in [2.24, 2.45) is 0 Å². The van der Waals surface area contributed by atoms with Crippen LogP contribution in [0.2, 0.25) is 0 Å². The van der Waals surface area contributed by atoms with Crippen LogP contribution in [0.4, 0.5) is 4.79 Å². The van der Waals surface area contributed by atoms with E-state index in [0.717, 1.165) is 5.01 Å². The van der Waals surface area contributed by atoms with Gasteiger partial charge >= 0.3 is 6.09 Å². The van der Waals surface area contributed by atoms with Gasteiger partial charge in [-0.05, 0) is 13.8 Å². The lowest BCUT2D eigenvalue weighted by molar-refractivity contribution is 0.137. The molecule has 10 heavy (non-hydrogen) atoms. The van der Waals surface area contributed by atoms with Gasteiger partial charge in [0.1, 0.15) is 0 Å². The summed E-state index contributed by atoms with van der Waals surface area (Å²) in [5, 5.41) is 9.44. The zero-order valence-electron chi connectivity index (χ0n) is 5.92. The van der Waals surface area contributed by atoms with Gasteiger partial charge in [-0.2, -0.15) is 0 Å². The highest BCUT2D eigenvalue weighted by Crippen LogP contribution is 1.82. The standard InChI is InChI=1S/C5H10N2O2S/c1-3-7(5(8)9)6-4(2)10/h3H2,1-2H3,(H,6,10)(H,8,9). The van der Waals surface area contributed by atoms with Crippen LogP contribution < -0.4 is 5.43 Å². The summed E-state index contributed by atoms with van der Waals surface area (Å²) in [6, 6.07) is 0. The number of hydrogen-bond donors (Lipinski definition) is 2. The van der Waals surface area contributed by atoms with Crippen molar-refractivity contribution < 1.29 is 9.90 Å². The number of thiocarbonyl (C=S) groups is 1. The Kier molecular flexibility index (Phi) is 3.71. The van der Waals surface area contributed by atoms with Crippen molar-refractivity contribution in [3.63, 3.8) is 0 Å². The molecule has 0 aliphatic rings. The minimum absolute atomic E-state index is 0.378. The second kappa shape index (κ2) is 4.05. The maximum atomic E-state index is 10.3. The van der Waals surface area contributed by atoms with E-state index in [-0.39, 0.29) is 0 Å². The van der Waals surface area contributed by atoms with E-state index in [0.29, 0.717) is 11.5 Å². The maximum Gasteiger partial charge on any atom is 0.426 e. The Hall–Kier alpha value is -0.840. The van der Waals surface area contributed by atoms with E-state index in [4.69, 9.17) is 5.11 Å². The van der Waals surface area contributed by atoms with Crippen LogP contribution in [-0.4, -0.2) is 27.7 Å². The van der Waals surface area contributed by atoms with E-state index in [9.17, 15) is 4.79 Å². The van der Waals surface area contributed by atoms with Crippen LogP contribution >= 0.6 is 12.2 Å². The summed E-state index contributed by atoms with van der Waals surface area (Å²) in [6.45, 7) is 3.73. The molecule has 4 nitrogen and oxygen atoms in total. The van der Waals surface area contributed by atoms with Crippen molar-refractivity contribution in [2.75, 3.05) is 6.54 Å². The summed E-state index contributed by atoms with van der Waals surface area (Å²) in [7, 11) is 0. The average molecular weight is 162 g/mol. The van der Waals surface area contributed by atoms with Crippen LogP contribution in [0.25, 0.3) is 0 Å². The Morgan fingerprint density at radius 2 is 2.30 bits per heavy atom. The molecule has 0 aromatic rings. The van der Waals surface area contributed by atoms with Gasteiger partial charge in [0, 0.05) is 6.54 Å². The average Bonchev–Trinajstić information content (AvgIpc) is 1.81. The fourth-order valence-corrected chi connectivity index (χ4v) is 0.562. The van der Waals surface area contributed by atoms with Gasteiger partial charge in [-0.25, -0.2) is 9.80 Å². The second-order valence-corrected chi connectivity index (χ2v) is 2.31. The van der Waals surface area contributed by atoms with E-state index < -0.39 is 6.09 Å². The van der Waals surface area contributed by atoms with Gasteiger partial charge in [0.25, 0.3) is 0 Å². The number of amides is 1. The van der Waals surface area contributed by atoms with Crippen LogP contribution in [0.5, 0.6) is 0 Å². The highest BCUT2D eigenvalue weighted by Gasteiger charge is 2.06. The molecule has 0 unspecified atom stereocenters. The van der Waals surface area contributed by atoms with Crippen molar-refractivity contribution in [1.29, 1.82) is 0 Å². The second-order valence-electron chi connectivity index (χ2n) is 1.69. The molecule has 0 bridgehead atoms. The molecule has 0 atom stereocenters. The normalized spacial score (nSPS) is 8.60. The highest BCUT2D eigenvalue weighted by atomic mass is 32.1. The first-order valence-electron chi connectivity index (χ1n) is 2.85. The summed E-state index contributed by atoms with van der Waals surface area (Å²) < 4.78 is 0. The van der Waals surface area contributed by atoms with Crippen molar-refractivity contribution >= 4 is 23.3 Å². The maximum absolute atomic E-state index is 10.3. The van der Waals surface area contributed by atoms with Gasteiger partial charge < -0.3 is 5.11 Å². The number of hydrazine groups is 1. The smallest absolute Gasteiger partial charge is 0.426 e. The Balaban J connectivity index is 3.83. The fraction of sp³-hybridized carbons (Fsp3) is 0.600. The lowest BCUT2D eigenvalue weighted by atomic mass is 10.7. The third kappa shape index (κ3) is 3.24. The van der Waals surface area contributed by atoms with Gasteiger partial charge in [0.05, 0.1) is 4.99 Å². The lowest BCUT2D eigenvalue weighted by Crippen LogP contribution is -2.43. The predicted octanol–water partition coefficient (Wildman–Crippen LogP) is 0.838. The molecule has 0 aliphatic heterocycles. The summed E-state index contributed by atoms with van der Waals surface area (Å²) in [4.78, 5) is 10.7. The Morgan fingerprint density at radius 3 is 2.40 bits per heavy atom. The molecule has 0 heterocycles. The van der Waals surface area contributed by atoms with Crippen LogP contribution in [0, 0.1) is 0 Å². The summed E-state index contributed by atoms with van der Waals surface area (Å²) in [5.74, 6) is 0. The Labute approximate surface area is 64.8 Å². The van der Waals surface area contributed by atoms with Gasteiger partial charge in [0.15, 0.2) is 0 Å². The number of rotatable bonds is 1. The molecule has 0 aromatic heterocycles. The van der Waals surface area contributed by atoms with Gasteiger partial charge in [-0.3, -0.25) is 5.43 Å². The van der Waals surface area contributed by atoms with Crippen LogP contribution in [0.1, 0.15) is 13.8 Å². The molecule has 2 N–H and O–H groups in total. The number of hydrogen-bond acceptors (Lipinski definition) is 2. The van der Waals surface area contributed by atoms with Crippen LogP contribution in [0.15, 0.2) is 0 Å². The molecule has 1 amide bonds. The zero-order valence-corrected chi connectivity index (χ0v) is 6.73. The quantitative estimate of drug-likeness (QED) is 0.443. The third-order valence-corrected chi connectivity index (χ3v) is 0.931. The van der Waals surface area contributed by atoms with Crippen molar-refractivity contribution in [2.45, 2.75) is 13.8 Å². The topological polar surface area (TPSA) is 52.6 Å². The number of nitrogens with zero attached hydrogens (tertiary/aromatic N) is 1. The molecule has 0 aromatic carbocycles. The van der Waals surface area contributed by atoms with Crippen molar-refractivity contribution in [1.82, 2.24) is 10.4 Å². The molecular formula is C5H10N2O2S. The SMILES string of the molecule is CCN(NC(C)=S)C(=O)O. The molecule has 0 fully saturated rings. The number of carbonyl (C=O) groups is 1. The lowest BCUT2D eigenvalue weighted by Gasteiger charge is -2.17. The monoisotopic (exact) mass is 162 g/mol. The number of carboxylic acid groups (broad SMARTS) is 1.